The molecule has 2 saturated heterocycles. The number of piperidine rings is 1. The summed E-state index contributed by atoms with van der Waals surface area (Å²) in [5, 5.41) is 0. The Morgan fingerprint density at radius 3 is 2.62 bits per heavy atom. The van der Waals surface area contributed by atoms with Gasteiger partial charge in [0.1, 0.15) is 6.04 Å². The van der Waals surface area contributed by atoms with Gasteiger partial charge in [-0.3, -0.25) is 24.3 Å². The van der Waals surface area contributed by atoms with Crippen LogP contribution < -0.4 is 0 Å². The number of rotatable bonds is 7. The number of aromatic nitrogens is 1. The van der Waals surface area contributed by atoms with Crippen molar-refractivity contribution in [1.29, 1.82) is 0 Å². The average molecular weight is 464 g/mol. The molecule has 8 heteroatoms. The number of pyridine rings is 1. The minimum Gasteiger partial charge on any atom is -0.464 e. The molecule has 0 spiro atoms. The van der Waals surface area contributed by atoms with Crippen LogP contribution in [0.4, 0.5) is 0 Å². The Morgan fingerprint density at radius 1 is 1.12 bits per heavy atom. The number of likely N-dealkylation sites (tertiary alicyclic amines) is 2. The molecule has 34 heavy (non-hydrogen) atoms. The smallest absolute Gasteiger partial charge is 0.328 e. The van der Waals surface area contributed by atoms with Crippen LogP contribution in [0, 0.1) is 0 Å². The van der Waals surface area contributed by atoms with Gasteiger partial charge in [0.05, 0.1) is 18.6 Å². The fourth-order valence-electron chi connectivity index (χ4n) is 4.93. The van der Waals surface area contributed by atoms with E-state index in [1.54, 1.807) is 55.7 Å². The molecule has 2 aliphatic heterocycles. The highest BCUT2D eigenvalue weighted by Crippen LogP contribution is 2.41. The summed E-state index contributed by atoms with van der Waals surface area (Å²) in [7, 11) is 0. The number of imide groups is 1. The number of esters is 1. The molecule has 2 aliphatic rings. The average Bonchev–Trinajstić information content (AvgIpc) is 3.10. The van der Waals surface area contributed by atoms with E-state index in [1.807, 2.05) is 6.07 Å². The number of carbonyl (C=O) groups excluding carboxylic acids is 4. The molecule has 0 saturated carbocycles. The fraction of sp³-hybridized carbons (Fsp3) is 0.423. The summed E-state index contributed by atoms with van der Waals surface area (Å²) in [6, 6.07) is 11.9. The lowest BCUT2D eigenvalue weighted by molar-refractivity contribution is -0.157. The van der Waals surface area contributed by atoms with Crippen LogP contribution >= 0.6 is 0 Å². The van der Waals surface area contributed by atoms with Crippen LogP contribution in [0.5, 0.6) is 0 Å². The minimum atomic E-state index is -1.31. The highest BCUT2D eigenvalue weighted by molar-refractivity contribution is 6.10. The quantitative estimate of drug-likeness (QED) is 0.463. The Hall–Kier alpha value is -3.55. The first kappa shape index (κ1) is 23.6. The number of carbonyl (C=O) groups is 4. The van der Waals surface area contributed by atoms with Gasteiger partial charge in [0.25, 0.3) is 0 Å². The molecular weight excluding hydrogens is 434 g/mol. The van der Waals surface area contributed by atoms with Crippen molar-refractivity contribution in [2.45, 2.75) is 57.0 Å². The largest absolute Gasteiger partial charge is 0.464 e. The Labute approximate surface area is 198 Å². The number of benzene rings is 1. The van der Waals surface area contributed by atoms with Crippen molar-refractivity contribution in [3.05, 3.63) is 66.0 Å². The summed E-state index contributed by atoms with van der Waals surface area (Å²) in [6.07, 6.45) is 5.10. The molecule has 2 fully saturated rings. The first-order chi connectivity index (χ1) is 16.5. The van der Waals surface area contributed by atoms with Crippen LogP contribution in [-0.2, 0) is 35.9 Å². The van der Waals surface area contributed by atoms with E-state index in [9.17, 15) is 19.2 Å². The van der Waals surface area contributed by atoms with Crippen LogP contribution in [0.1, 0.15) is 50.2 Å². The SMILES string of the molecule is CCOC(=O)[C@H]1CCCCN1C(=O)C[C@@]1(c2ccccc2)CC(=O)N(Cc2cccnc2)C1=O. The van der Waals surface area contributed by atoms with Gasteiger partial charge in [-0.2, -0.15) is 0 Å². The molecule has 178 valence electrons. The second-order valence-corrected chi connectivity index (χ2v) is 8.80. The van der Waals surface area contributed by atoms with E-state index in [1.165, 1.54) is 9.80 Å². The second-order valence-electron chi connectivity index (χ2n) is 8.80. The summed E-state index contributed by atoms with van der Waals surface area (Å²) < 4.78 is 5.20. The highest BCUT2D eigenvalue weighted by Gasteiger charge is 2.54. The monoisotopic (exact) mass is 463 g/mol. The standard InChI is InChI=1S/C26H29N3O5/c1-2-34-24(32)21-12-6-7-14-28(21)22(30)15-26(20-10-4-3-5-11-20)16-23(31)29(25(26)33)18-19-9-8-13-27-17-19/h3-5,8-11,13,17,21H,2,6-7,12,14-16,18H2,1H3/t21-,26+/m1/s1. The molecule has 4 rings (SSSR count). The van der Waals surface area contributed by atoms with Gasteiger partial charge in [0, 0.05) is 31.8 Å². The molecule has 3 heterocycles. The third-order valence-corrected chi connectivity index (χ3v) is 6.63. The molecule has 3 amide bonds. The number of hydrogen-bond acceptors (Lipinski definition) is 6. The van der Waals surface area contributed by atoms with Crippen molar-refractivity contribution < 1.29 is 23.9 Å². The van der Waals surface area contributed by atoms with E-state index in [0.717, 1.165) is 18.4 Å². The van der Waals surface area contributed by atoms with Crippen LogP contribution in [-0.4, -0.2) is 57.7 Å². The van der Waals surface area contributed by atoms with Gasteiger partial charge in [0.2, 0.25) is 17.7 Å². The molecule has 1 aromatic heterocycles. The molecular formula is C26H29N3O5. The molecule has 0 bridgehead atoms. The zero-order valence-electron chi connectivity index (χ0n) is 19.3. The van der Waals surface area contributed by atoms with Gasteiger partial charge in [0.15, 0.2) is 0 Å². The topological polar surface area (TPSA) is 96.9 Å². The van der Waals surface area contributed by atoms with Gasteiger partial charge < -0.3 is 9.64 Å². The molecule has 0 N–H and O–H groups in total. The fourth-order valence-corrected chi connectivity index (χ4v) is 4.93. The number of ether oxygens (including phenoxy) is 1. The van der Waals surface area contributed by atoms with Crippen molar-refractivity contribution in [2.75, 3.05) is 13.2 Å². The van der Waals surface area contributed by atoms with Crippen LogP contribution in [0.25, 0.3) is 0 Å². The van der Waals surface area contributed by atoms with Crippen LogP contribution in [0.3, 0.4) is 0 Å². The summed E-state index contributed by atoms with van der Waals surface area (Å²) in [6.45, 7) is 2.50. The number of nitrogens with zero attached hydrogens (tertiary/aromatic N) is 3. The van der Waals surface area contributed by atoms with Gasteiger partial charge >= 0.3 is 5.97 Å². The highest BCUT2D eigenvalue weighted by atomic mass is 16.5. The predicted molar refractivity (Wildman–Crippen MR) is 123 cm³/mol. The lowest BCUT2D eigenvalue weighted by Gasteiger charge is -2.36. The first-order valence-electron chi connectivity index (χ1n) is 11.7. The van der Waals surface area contributed by atoms with E-state index < -0.39 is 23.3 Å². The number of amides is 3. The molecule has 0 aliphatic carbocycles. The molecule has 8 nitrogen and oxygen atoms in total. The summed E-state index contributed by atoms with van der Waals surface area (Å²) in [4.78, 5) is 59.8. The second kappa shape index (κ2) is 10.2. The number of hydrogen-bond donors (Lipinski definition) is 0. The maximum atomic E-state index is 13.8. The Balaban J connectivity index is 1.64. The normalized spacial score (nSPS) is 22.7. The van der Waals surface area contributed by atoms with Crippen molar-refractivity contribution in [3.63, 3.8) is 0 Å². The lowest BCUT2D eigenvalue weighted by atomic mass is 9.75. The van der Waals surface area contributed by atoms with Crippen LogP contribution in [0.15, 0.2) is 54.9 Å². The zero-order chi connectivity index (χ0) is 24.1. The van der Waals surface area contributed by atoms with Crippen molar-refractivity contribution >= 4 is 23.7 Å². The predicted octanol–water partition coefficient (Wildman–Crippen LogP) is 2.61. The van der Waals surface area contributed by atoms with Gasteiger partial charge in [-0.25, -0.2) is 4.79 Å². The molecule has 0 radical (unpaired) electrons. The summed E-state index contributed by atoms with van der Waals surface area (Å²) >= 11 is 0. The van der Waals surface area contributed by atoms with E-state index in [2.05, 4.69) is 4.98 Å². The van der Waals surface area contributed by atoms with Gasteiger partial charge in [-0.15, -0.1) is 0 Å². The maximum absolute atomic E-state index is 13.8. The van der Waals surface area contributed by atoms with Gasteiger partial charge in [-0.1, -0.05) is 36.4 Å². The molecule has 2 aromatic rings. The lowest BCUT2D eigenvalue weighted by Crippen LogP contribution is -2.51. The third-order valence-electron chi connectivity index (χ3n) is 6.63. The molecule has 0 unspecified atom stereocenters. The third kappa shape index (κ3) is 4.58. The Morgan fingerprint density at radius 2 is 1.91 bits per heavy atom. The van der Waals surface area contributed by atoms with Gasteiger partial charge in [-0.05, 0) is 43.4 Å². The summed E-state index contributed by atoms with van der Waals surface area (Å²) in [5.74, 6) is -1.46. The molecule has 2 atom stereocenters. The van der Waals surface area contributed by atoms with E-state index in [-0.39, 0.29) is 37.8 Å². The molecule has 1 aromatic carbocycles. The Bertz CT molecular complexity index is 1060. The van der Waals surface area contributed by atoms with E-state index >= 15 is 0 Å². The van der Waals surface area contributed by atoms with Crippen molar-refractivity contribution in [2.24, 2.45) is 0 Å². The van der Waals surface area contributed by atoms with E-state index in [4.69, 9.17) is 4.74 Å². The minimum absolute atomic E-state index is 0.0975. The van der Waals surface area contributed by atoms with Crippen molar-refractivity contribution in [3.8, 4) is 0 Å². The maximum Gasteiger partial charge on any atom is 0.328 e. The van der Waals surface area contributed by atoms with E-state index in [0.29, 0.717) is 18.5 Å². The van der Waals surface area contributed by atoms with Crippen molar-refractivity contribution in [1.82, 2.24) is 14.8 Å². The zero-order valence-corrected chi connectivity index (χ0v) is 19.3. The summed E-state index contributed by atoms with van der Waals surface area (Å²) in [5.41, 5.74) is 0.0479. The van der Waals surface area contributed by atoms with Crippen LogP contribution in [0.2, 0.25) is 0 Å². The Kier molecular flexibility index (Phi) is 7.05. The first-order valence-corrected chi connectivity index (χ1v) is 11.7.